The molecule has 0 radical (unpaired) electrons. The summed E-state index contributed by atoms with van der Waals surface area (Å²) in [7, 11) is 0. The van der Waals surface area contributed by atoms with E-state index in [1.54, 1.807) is 23.2 Å². The van der Waals surface area contributed by atoms with Crippen LogP contribution in [0.2, 0.25) is 0 Å². The first-order valence-electron chi connectivity index (χ1n) is 19.9. The highest BCUT2D eigenvalue weighted by Crippen LogP contribution is 2.33. The minimum Gasteiger partial charge on any atom is -0.494 e. The van der Waals surface area contributed by atoms with Crippen LogP contribution in [0.3, 0.4) is 0 Å². The van der Waals surface area contributed by atoms with Crippen molar-refractivity contribution in [3.8, 4) is 28.1 Å². The molecule has 0 atom stereocenters. The SMILES string of the molecule is CC(C)(C)c1noc(C(=O)NCc2ccc(-c3[nH]nc4ncc(-c5ccc(C6CCN(CCCOc7ccc(N8CCC(=O)NC8=O)cc7)CC6)cc5)cc34)cc2F)n1. The maximum Gasteiger partial charge on any atom is 0.328 e. The summed E-state index contributed by atoms with van der Waals surface area (Å²) in [6.07, 6.45) is 5.18. The van der Waals surface area contributed by atoms with Crippen LogP contribution in [0.4, 0.5) is 14.9 Å². The molecule has 4 amide bonds. The number of hydrogen-bond donors (Lipinski definition) is 3. The van der Waals surface area contributed by atoms with E-state index < -0.39 is 17.8 Å². The van der Waals surface area contributed by atoms with E-state index in [9.17, 15) is 14.4 Å². The van der Waals surface area contributed by atoms with Gasteiger partial charge in [-0.05, 0) is 85.8 Å². The van der Waals surface area contributed by atoms with Crippen molar-refractivity contribution in [2.24, 2.45) is 0 Å². The Balaban J connectivity index is 0.816. The molecule has 2 saturated heterocycles. The molecule has 304 valence electrons. The number of carbonyl (C=O) groups is 3. The van der Waals surface area contributed by atoms with Gasteiger partial charge in [-0.15, -0.1) is 0 Å². The number of aromatic amines is 1. The lowest BCUT2D eigenvalue weighted by Crippen LogP contribution is -2.49. The molecule has 8 rings (SSSR count). The number of amides is 4. The number of likely N-dealkylation sites (tertiary alicyclic amines) is 1. The van der Waals surface area contributed by atoms with Gasteiger partial charge in [0, 0.05) is 65.4 Å². The Morgan fingerprint density at radius 1 is 0.966 bits per heavy atom. The first-order valence-corrected chi connectivity index (χ1v) is 19.9. The Kier molecular flexibility index (Phi) is 11.2. The summed E-state index contributed by atoms with van der Waals surface area (Å²) in [6.45, 7) is 9.69. The van der Waals surface area contributed by atoms with Gasteiger partial charge >= 0.3 is 17.8 Å². The monoisotopic (exact) mass is 799 g/mol. The first kappa shape index (κ1) is 39.4. The average molecular weight is 800 g/mol. The Morgan fingerprint density at radius 2 is 1.73 bits per heavy atom. The van der Waals surface area contributed by atoms with E-state index in [1.807, 2.05) is 51.1 Å². The number of pyridine rings is 1. The van der Waals surface area contributed by atoms with Crippen molar-refractivity contribution in [3.05, 3.63) is 108 Å². The molecule has 0 bridgehead atoms. The van der Waals surface area contributed by atoms with E-state index in [0.29, 0.717) is 53.8 Å². The number of rotatable bonds is 12. The van der Waals surface area contributed by atoms with Crippen LogP contribution in [0.1, 0.15) is 80.0 Å². The number of anilines is 1. The number of nitrogens with one attached hydrogen (secondary N) is 3. The zero-order valence-electron chi connectivity index (χ0n) is 33.3. The molecule has 2 aliphatic rings. The van der Waals surface area contributed by atoms with Crippen molar-refractivity contribution < 1.29 is 28.0 Å². The summed E-state index contributed by atoms with van der Waals surface area (Å²) in [6, 6.07) is 22.6. The number of hydrogen-bond acceptors (Lipinski definition) is 10. The molecule has 3 N–H and O–H groups in total. The van der Waals surface area contributed by atoms with Crippen molar-refractivity contribution in [3.63, 3.8) is 0 Å². The molecule has 6 aromatic rings. The Hall–Kier alpha value is -6.48. The summed E-state index contributed by atoms with van der Waals surface area (Å²) in [5.74, 6) is 0.196. The Labute approximate surface area is 340 Å². The molecule has 14 nitrogen and oxygen atoms in total. The van der Waals surface area contributed by atoms with Gasteiger partial charge in [0.1, 0.15) is 11.6 Å². The number of nitrogens with zero attached hydrogens (tertiary/aromatic N) is 6. The molecule has 15 heteroatoms. The number of ether oxygens (including phenoxy) is 1. The number of fused-ring (bicyclic) bond motifs is 1. The zero-order valence-corrected chi connectivity index (χ0v) is 33.3. The molecule has 0 unspecified atom stereocenters. The zero-order chi connectivity index (χ0) is 41.1. The normalized spacial score (nSPS) is 15.4. The standard InChI is InChI=1S/C44H46FN9O5/c1-44(2,3)42-49-41(59-52-42)40(56)47-25-31-10-9-30(24-36(31)45)38-35-23-32(26-46-39(35)51-50-38)28-7-5-27(6-8-28)29-15-19-53(20-16-29)18-4-22-58-34-13-11-33(12-14-34)54-21-17-37(55)48-43(54)57/h5-14,23-24,26,29H,4,15-22,25H2,1-3H3,(H,47,56)(H,46,50,51)(H,48,55,57). The maximum absolute atomic E-state index is 15.3. The number of H-pyrrole nitrogens is 1. The van der Waals surface area contributed by atoms with Crippen LogP contribution in [0.5, 0.6) is 5.75 Å². The molecule has 0 saturated carbocycles. The van der Waals surface area contributed by atoms with Crippen molar-refractivity contribution in [1.82, 2.24) is 40.9 Å². The molecule has 59 heavy (non-hydrogen) atoms. The topological polar surface area (TPSA) is 171 Å². The van der Waals surface area contributed by atoms with Gasteiger partial charge in [0.2, 0.25) is 5.91 Å². The third-order valence-electron chi connectivity index (χ3n) is 10.9. The van der Waals surface area contributed by atoms with Crippen molar-refractivity contribution >= 4 is 34.6 Å². The predicted molar refractivity (Wildman–Crippen MR) is 219 cm³/mol. The minimum absolute atomic E-state index is 0.0494. The lowest BCUT2D eigenvalue weighted by atomic mass is 9.88. The quantitative estimate of drug-likeness (QED) is 0.108. The van der Waals surface area contributed by atoms with Crippen LogP contribution in [-0.2, 0) is 16.8 Å². The third-order valence-corrected chi connectivity index (χ3v) is 10.9. The fourth-order valence-corrected chi connectivity index (χ4v) is 7.44. The van der Waals surface area contributed by atoms with Crippen LogP contribution < -0.4 is 20.3 Å². The number of imide groups is 1. The second-order valence-electron chi connectivity index (χ2n) is 16.0. The van der Waals surface area contributed by atoms with E-state index >= 15 is 4.39 Å². The van der Waals surface area contributed by atoms with Crippen LogP contribution in [0, 0.1) is 5.82 Å². The van der Waals surface area contributed by atoms with Crippen molar-refractivity contribution in [2.45, 2.75) is 64.3 Å². The summed E-state index contributed by atoms with van der Waals surface area (Å²) in [5.41, 5.74) is 5.75. The van der Waals surface area contributed by atoms with Gasteiger partial charge in [0.25, 0.3) is 0 Å². The van der Waals surface area contributed by atoms with Crippen LogP contribution >= 0.6 is 0 Å². The van der Waals surface area contributed by atoms with Crippen molar-refractivity contribution in [2.75, 3.05) is 37.7 Å². The number of piperidine rings is 1. The van der Waals surface area contributed by atoms with Gasteiger partial charge in [-0.2, -0.15) is 10.1 Å². The number of benzene rings is 3. The van der Waals surface area contributed by atoms with Gasteiger partial charge in [-0.1, -0.05) is 62.3 Å². The number of carbonyl (C=O) groups excluding carboxylic acids is 3. The van der Waals surface area contributed by atoms with E-state index in [4.69, 9.17) is 9.26 Å². The molecule has 0 spiro atoms. The highest BCUT2D eigenvalue weighted by molar-refractivity contribution is 6.05. The van der Waals surface area contributed by atoms with E-state index in [-0.39, 0.29) is 23.8 Å². The van der Waals surface area contributed by atoms with E-state index in [1.165, 1.54) is 11.6 Å². The average Bonchev–Trinajstić information content (AvgIpc) is 3.91. The Bertz CT molecular complexity index is 2470. The molecule has 2 aliphatic heterocycles. The minimum atomic E-state index is -0.572. The molecule has 5 heterocycles. The summed E-state index contributed by atoms with van der Waals surface area (Å²) in [5, 5.41) is 17.0. The summed E-state index contributed by atoms with van der Waals surface area (Å²) >= 11 is 0. The van der Waals surface area contributed by atoms with E-state index in [0.717, 1.165) is 66.8 Å². The molecule has 3 aromatic heterocycles. The van der Waals surface area contributed by atoms with Crippen LogP contribution in [0.25, 0.3) is 33.4 Å². The van der Waals surface area contributed by atoms with Crippen LogP contribution in [0.15, 0.2) is 83.5 Å². The Morgan fingerprint density at radius 3 is 2.44 bits per heavy atom. The van der Waals surface area contributed by atoms with Gasteiger partial charge < -0.3 is 19.5 Å². The van der Waals surface area contributed by atoms with Gasteiger partial charge in [0.05, 0.1) is 12.3 Å². The van der Waals surface area contributed by atoms with Gasteiger partial charge in [-0.3, -0.25) is 24.9 Å². The second kappa shape index (κ2) is 16.8. The molecule has 3 aromatic carbocycles. The smallest absolute Gasteiger partial charge is 0.328 e. The van der Waals surface area contributed by atoms with E-state index in [2.05, 4.69) is 65.1 Å². The maximum atomic E-state index is 15.3. The molecular weight excluding hydrogens is 754 g/mol. The summed E-state index contributed by atoms with van der Waals surface area (Å²) in [4.78, 5) is 48.9. The van der Waals surface area contributed by atoms with Gasteiger partial charge in [-0.25, -0.2) is 14.2 Å². The number of aromatic nitrogens is 5. The lowest BCUT2D eigenvalue weighted by Gasteiger charge is -2.32. The third kappa shape index (κ3) is 8.99. The number of halogens is 1. The largest absolute Gasteiger partial charge is 0.494 e. The lowest BCUT2D eigenvalue weighted by molar-refractivity contribution is -0.120. The summed E-state index contributed by atoms with van der Waals surface area (Å²) < 4.78 is 26.4. The fourth-order valence-electron chi connectivity index (χ4n) is 7.44. The fraction of sp³-hybridized carbons (Fsp3) is 0.341. The molecular formula is C44H46FN9O5. The van der Waals surface area contributed by atoms with Crippen LogP contribution in [-0.4, -0.2) is 80.9 Å². The highest BCUT2D eigenvalue weighted by Gasteiger charge is 2.26. The molecule has 0 aliphatic carbocycles. The number of urea groups is 1. The predicted octanol–water partition coefficient (Wildman–Crippen LogP) is 7.14. The molecule has 2 fully saturated rings. The second-order valence-corrected chi connectivity index (χ2v) is 16.0. The first-order chi connectivity index (χ1) is 28.5. The van der Waals surface area contributed by atoms with Gasteiger partial charge in [0.15, 0.2) is 11.5 Å². The highest BCUT2D eigenvalue weighted by atomic mass is 19.1. The van der Waals surface area contributed by atoms with Crippen molar-refractivity contribution in [1.29, 1.82) is 0 Å².